The summed E-state index contributed by atoms with van der Waals surface area (Å²) in [6, 6.07) is 18.8. The zero-order chi connectivity index (χ0) is 25.5. The number of carbonyl (C=O) groups excluding carboxylic acids is 2. The molecule has 0 saturated carbocycles. The molecule has 0 aliphatic carbocycles. The van der Waals surface area contributed by atoms with E-state index in [4.69, 9.17) is 9.47 Å². The summed E-state index contributed by atoms with van der Waals surface area (Å²) >= 11 is 1.31. The van der Waals surface area contributed by atoms with Crippen molar-refractivity contribution in [2.45, 2.75) is 39.1 Å². The van der Waals surface area contributed by atoms with E-state index in [0.29, 0.717) is 35.4 Å². The quantitative estimate of drug-likeness (QED) is 0.233. The Hall–Kier alpha value is -3.85. The number of benzene rings is 3. The van der Waals surface area contributed by atoms with Crippen molar-refractivity contribution in [3.63, 3.8) is 0 Å². The average molecular weight is 505 g/mol. The van der Waals surface area contributed by atoms with Crippen molar-refractivity contribution in [2.24, 2.45) is 0 Å². The number of nitrogens with one attached hydrogen (secondary N) is 1. The Kier molecular flexibility index (Phi) is 8.22. The minimum atomic E-state index is -0.389. The van der Waals surface area contributed by atoms with Crippen LogP contribution < -0.4 is 10.1 Å². The minimum Gasteiger partial charge on any atom is -0.485 e. The van der Waals surface area contributed by atoms with E-state index < -0.39 is 0 Å². The van der Waals surface area contributed by atoms with Crippen molar-refractivity contribution in [3.05, 3.63) is 77.6 Å². The van der Waals surface area contributed by atoms with Gasteiger partial charge in [-0.2, -0.15) is 0 Å². The first-order valence-electron chi connectivity index (χ1n) is 11.7. The van der Waals surface area contributed by atoms with Gasteiger partial charge >= 0.3 is 5.97 Å². The van der Waals surface area contributed by atoms with Gasteiger partial charge in [0.25, 0.3) is 0 Å². The van der Waals surface area contributed by atoms with E-state index in [-0.39, 0.29) is 24.2 Å². The fraction of sp³-hybridized carbons (Fsp3) is 0.259. The number of amides is 1. The smallest absolute Gasteiger partial charge is 0.338 e. The maximum absolute atomic E-state index is 12.5. The molecule has 8 nitrogen and oxygen atoms in total. The van der Waals surface area contributed by atoms with Crippen molar-refractivity contribution >= 4 is 40.1 Å². The summed E-state index contributed by atoms with van der Waals surface area (Å²) in [5.41, 5.74) is 2.12. The number of carbonyl (C=O) groups is 2. The first-order valence-corrected chi connectivity index (χ1v) is 12.7. The van der Waals surface area contributed by atoms with E-state index in [0.717, 1.165) is 16.7 Å². The first-order chi connectivity index (χ1) is 17.5. The highest BCUT2D eigenvalue weighted by Gasteiger charge is 2.15. The largest absolute Gasteiger partial charge is 0.485 e. The number of aryl methyl sites for hydroxylation is 1. The maximum atomic E-state index is 12.5. The third kappa shape index (κ3) is 5.85. The second-order valence-corrected chi connectivity index (χ2v) is 8.92. The molecular formula is C27H28N4O4S. The van der Waals surface area contributed by atoms with Crippen LogP contribution in [0.1, 0.15) is 35.6 Å². The second kappa shape index (κ2) is 11.7. The van der Waals surface area contributed by atoms with Gasteiger partial charge in [-0.05, 0) is 67.4 Å². The first kappa shape index (κ1) is 25.2. The Labute approximate surface area is 214 Å². The molecule has 36 heavy (non-hydrogen) atoms. The lowest BCUT2D eigenvalue weighted by Crippen LogP contribution is -2.15. The Morgan fingerprint density at radius 1 is 1.00 bits per heavy atom. The van der Waals surface area contributed by atoms with Gasteiger partial charge in [0, 0.05) is 12.2 Å². The summed E-state index contributed by atoms with van der Waals surface area (Å²) < 4.78 is 13.0. The number of aromatic nitrogens is 3. The number of fused-ring (bicyclic) bond motifs is 1. The van der Waals surface area contributed by atoms with Crippen LogP contribution in [0.2, 0.25) is 0 Å². The van der Waals surface area contributed by atoms with Crippen LogP contribution in [0.15, 0.2) is 65.8 Å². The van der Waals surface area contributed by atoms with Crippen molar-refractivity contribution in [3.8, 4) is 5.75 Å². The summed E-state index contributed by atoms with van der Waals surface area (Å²) in [6.45, 7) is 7.05. The van der Waals surface area contributed by atoms with Crippen molar-refractivity contribution in [1.29, 1.82) is 0 Å². The molecule has 4 rings (SSSR count). The van der Waals surface area contributed by atoms with Crippen LogP contribution in [-0.2, 0) is 22.7 Å². The summed E-state index contributed by atoms with van der Waals surface area (Å²) in [4.78, 5) is 24.2. The Morgan fingerprint density at radius 2 is 1.78 bits per heavy atom. The lowest BCUT2D eigenvalue weighted by Gasteiger charge is -2.12. The molecular weight excluding hydrogens is 476 g/mol. The molecule has 186 valence electrons. The van der Waals surface area contributed by atoms with Crippen molar-refractivity contribution in [2.75, 3.05) is 17.7 Å². The normalized spacial score (nSPS) is 10.9. The predicted molar refractivity (Wildman–Crippen MR) is 140 cm³/mol. The molecule has 3 aromatic carbocycles. The number of ether oxygens (including phenoxy) is 2. The van der Waals surface area contributed by atoms with Gasteiger partial charge in [0.15, 0.2) is 11.0 Å². The number of esters is 1. The molecule has 0 aliphatic heterocycles. The number of rotatable bonds is 10. The molecule has 9 heteroatoms. The van der Waals surface area contributed by atoms with Gasteiger partial charge < -0.3 is 19.4 Å². The van der Waals surface area contributed by atoms with Crippen LogP contribution >= 0.6 is 11.8 Å². The topological polar surface area (TPSA) is 95.3 Å². The Bertz CT molecular complexity index is 1370. The molecule has 1 aromatic heterocycles. The van der Waals surface area contributed by atoms with Crippen LogP contribution in [0.4, 0.5) is 5.69 Å². The summed E-state index contributed by atoms with van der Waals surface area (Å²) in [7, 11) is 0. The Balaban J connectivity index is 1.34. The van der Waals surface area contributed by atoms with Gasteiger partial charge in [0.2, 0.25) is 5.91 Å². The van der Waals surface area contributed by atoms with Crippen LogP contribution in [0.3, 0.4) is 0 Å². The minimum absolute atomic E-state index is 0.169. The van der Waals surface area contributed by atoms with Crippen LogP contribution in [0.5, 0.6) is 5.75 Å². The highest BCUT2D eigenvalue weighted by molar-refractivity contribution is 7.99. The molecule has 1 N–H and O–H groups in total. The highest BCUT2D eigenvalue weighted by Crippen LogP contribution is 2.28. The molecule has 0 radical (unpaired) electrons. The van der Waals surface area contributed by atoms with Gasteiger partial charge in [0.1, 0.15) is 12.4 Å². The van der Waals surface area contributed by atoms with E-state index in [9.17, 15) is 9.59 Å². The fourth-order valence-corrected chi connectivity index (χ4v) is 4.61. The molecule has 4 aromatic rings. The van der Waals surface area contributed by atoms with Gasteiger partial charge in [0.05, 0.1) is 17.9 Å². The molecule has 0 spiro atoms. The number of anilines is 1. The van der Waals surface area contributed by atoms with Crippen LogP contribution in [0.25, 0.3) is 10.8 Å². The van der Waals surface area contributed by atoms with Crippen molar-refractivity contribution in [1.82, 2.24) is 14.8 Å². The van der Waals surface area contributed by atoms with Crippen LogP contribution in [0, 0.1) is 6.92 Å². The van der Waals surface area contributed by atoms with Gasteiger partial charge in [-0.15, -0.1) is 10.2 Å². The molecule has 0 unspecified atom stereocenters. The number of hydrogen-bond donors (Lipinski definition) is 1. The molecule has 0 aliphatic rings. The fourth-order valence-electron chi connectivity index (χ4n) is 3.79. The highest BCUT2D eigenvalue weighted by atomic mass is 32.2. The van der Waals surface area contributed by atoms with E-state index >= 15 is 0 Å². The number of hydrogen-bond acceptors (Lipinski definition) is 7. The van der Waals surface area contributed by atoms with E-state index in [1.807, 2.05) is 42.7 Å². The zero-order valence-electron chi connectivity index (χ0n) is 20.5. The van der Waals surface area contributed by atoms with Gasteiger partial charge in [-0.25, -0.2) is 4.79 Å². The lowest BCUT2D eigenvalue weighted by molar-refractivity contribution is -0.113. The SMILES string of the molecule is CCOC(=O)c1ccc(NC(=O)CSc2nnc(COc3ccc4ccccc4c3C)n2CC)cc1. The summed E-state index contributed by atoms with van der Waals surface area (Å²) in [6.07, 6.45) is 0. The second-order valence-electron chi connectivity index (χ2n) is 7.98. The molecule has 1 amide bonds. The van der Waals surface area contributed by atoms with Crippen LogP contribution in [-0.4, -0.2) is 39.0 Å². The monoisotopic (exact) mass is 504 g/mol. The zero-order valence-corrected chi connectivity index (χ0v) is 21.3. The molecule has 0 saturated heterocycles. The van der Waals surface area contributed by atoms with Crippen molar-refractivity contribution < 1.29 is 19.1 Å². The Morgan fingerprint density at radius 3 is 2.53 bits per heavy atom. The predicted octanol–water partition coefficient (Wildman–Crippen LogP) is 5.25. The molecule has 0 atom stereocenters. The van der Waals surface area contributed by atoms with E-state index in [1.165, 1.54) is 17.1 Å². The maximum Gasteiger partial charge on any atom is 0.338 e. The average Bonchev–Trinajstić information content (AvgIpc) is 3.29. The third-order valence-corrected chi connectivity index (χ3v) is 6.59. The number of nitrogens with zero attached hydrogens (tertiary/aromatic N) is 3. The number of thioether (sulfide) groups is 1. The summed E-state index contributed by atoms with van der Waals surface area (Å²) in [5.74, 6) is 1.10. The van der Waals surface area contributed by atoms with Gasteiger partial charge in [-0.1, -0.05) is 42.1 Å². The third-order valence-electron chi connectivity index (χ3n) is 5.63. The van der Waals surface area contributed by atoms with Gasteiger partial charge in [-0.3, -0.25) is 4.79 Å². The molecule has 1 heterocycles. The standard InChI is InChI=1S/C27H28N4O4S/c1-4-31-24(16-35-23-15-12-19-8-6-7-9-22(19)18(23)3)29-30-27(31)36-17-25(32)28-21-13-10-20(11-14-21)26(33)34-5-2/h6-15H,4-5,16-17H2,1-3H3,(H,28,32). The summed E-state index contributed by atoms with van der Waals surface area (Å²) in [5, 5.41) is 14.4. The lowest BCUT2D eigenvalue weighted by atomic mass is 10.0. The van der Waals surface area contributed by atoms with E-state index in [1.54, 1.807) is 31.2 Å². The van der Waals surface area contributed by atoms with E-state index in [2.05, 4.69) is 27.6 Å². The molecule has 0 bridgehead atoms. The molecule has 0 fully saturated rings.